The number of carboxylic acids is 1. The van der Waals surface area contributed by atoms with Crippen LogP contribution in [0.3, 0.4) is 0 Å². The zero-order chi connectivity index (χ0) is 15.4. The molecule has 0 saturated heterocycles. The standard InChI is InChI=1S/C15H22N2O3S/c1-3-12-6-7-13(21-12)8-16-14(18)9-17(11-4-5-11)10(2)15(19)20/h6-7,10-11H,3-5,8-9H2,1-2H3,(H,16,18)(H,19,20). The van der Waals surface area contributed by atoms with E-state index in [0.29, 0.717) is 6.54 Å². The smallest absolute Gasteiger partial charge is 0.320 e. The molecule has 2 rings (SSSR count). The summed E-state index contributed by atoms with van der Waals surface area (Å²) in [4.78, 5) is 27.3. The summed E-state index contributed by atoms with van der Waals surface area (Å²) in [7, 11) is 0. The van der Waals surface area contributed by atoms with Gasteiger partial charge in [0.2, 0.25) is 5.91 Å². The van der Waals surface area contributed by atoms with Gasteiger partial charge in [0.1, 0.15) is 6.04 Å². The lowest BCUT2D eigenvalue weighted by Gasteiger charge is -2.25. The van der Waals surface area contributed by atoms with Crippen molar-refractivity contribution in [3.8, 4) is 0 Å². The third kappa shape index (κ3) is 4.54. The molecular formula is C15H22N2O3S. The molecule has 1 atom stereocenters. The number of carbonyl (C=O) groups excluding carboxylic acids is 1. The number of hydrogen-bond acceptors (Lipinski definition) is 4. The van der Waals surface area contributed by atoms with Crippen LogP contribution in [0.25, 0.3) is 0 Å². The predicted octanol–water partition coefficient (Wildman–Crippen LogP) is 1.86. The first-order chi connectivity index (χ1) is 10.0. The molecule has 1 fully saturated rings. The summed E-state index contributed by atoms with van der Waals surface area (Å²) >= 11 is 1.70. The molecule has 0 bridgehead atoms. The molecule has 1 aliphatic carbocycles. The first kappa shape index (κ1) is 16.0. The second kappa shape index (κ2) is 7.04. The van der Waals surface area contributed by atoms with E-state index in [-0.39, 0.29) is 18.5 Å². The van der Waals surface area contributed by atoms with E-state index in [1.807, 2.05) is 6.07 Å². The van der Waals surface area contributed by atoms with Crippen LogP contribution >= 0.6 is 11.3 Å². The van der Waals surface area contributed by atoms with E-state index in [1.165, 1.54) is 4.88 Å². The number of aryl methyl sites for hydroxylation is 1. The number of rotatable bonds is 8. The minimum atomic E-state index is -0.874. The molecular weight excluding hydrogens is 288 g/mol. The van der Waals surface area contributed by atoms with Crippen molar-refractivity contribution in [3.05, 3.63) is 21.9 Å². The molecule has 1 saturated carbocycles. The number of hydrogen-bond donors (Lipinski definition) is 2. The fraction of sp³-hybridized carbons (Fsp3) is 0.600. The molecule has 1 heterocycles. The lowest BCUT2D eigenvalue weighted by Crippen LogP contribution is -2.46. The number of amides is 1. The summed E-state index contributed by atoms with van der Waals surface area (Å²) in [5.74, 6) is -0.984. The number of carboxylic acid groups (broad SMARTS) is 1. The molecule has 116 valence electrons. The van der Waals surface area contributed by atoms with E-state index in [2.05, 4.69) is 18.3 Å². The van der Waals surface area contributed by atoms with Crippen molar-refractivity contribution in [1.29, 1.82) is 0 Å². The Morgan fingerprint density at radius 2 is 2.10 bits per heavy atom. The molecule has 0 radical (unpaired) electrons. The van der Waals surface area contributed by atoms with Gasteiger partial charge in [-0.2, -0.15) is 0 Å². The maximum absolute atomic E-state index is 12.0. The molecule has 1 unspecified atom stereocenters. The van der Waals surface area contributed by atoms with Crippen molar-refractivity contribution in [1.82, 2.24) is 10.2 Å². The molecule has 1 aliphatic rings. The van der Waals surface area contributed by atoms with E-state index in [4.69, 9.17) is 5.11 Å². The summed E-state index contributed by atoms with van der Waals surface area (Å²) in [6.45, 7) is 4.42. The molecule has 1 aromatic heterocycles. The highest BCUT2D eigenvalue weighted by Crippen LogP contribution is 2.28. The average molecular weight is 310 g/mol. The van der Waals surface area contributed by atoms with Crippen LogP contribution in [0.5, 0.6) is 0 Å². The van der Waals surface area contributed by atoms with Crippen LogP contribution in [-0.2, 0) is 22.6 Å². The van der Waals surface area contributed by atoms with Crippen LogP contribution in [0.1, 0.15) is 36.4 Å². The van der Waals surface area contributed by atoms with Gasteiger partial charge in [0.05, 0.1) is 13.1 Å². The number of nitrogens with zero attached hydrogens (tertiary/aromatic N) is 1. The highest BCUT2D eigenvalue weighted by molar-refractivity contribution is 7.11. The number of aliphatic carboxylic acids is 1. The molecule has 21 heavy (non-hydrogen) atoms. The first-order valence-corrected chi connectivity index (χ1v) is 8.15. The van der Waals surface area contributed by atoms with Crippen LogP contribution in [-0.4, -0.2) is 40.5 Å². The largest absolute Gasteiger partial charge is 0.480 e. The zero-order valence-electron chi connectivity index (χ0n) is 12.5. The lowest BCUT2D eigenvalue weighted by molar-refractivity contribution is -0.143. The second-order valence-corrected chi connectivity index (χ2v) is 6.67. The monoisotopic (exact) mass is 310 g/mol. The minimum Gasteiger partial charge on any atom is -0.480 e. The third-order valence-corrected chi connectivity index (χ3v) is 4.95. The maximum atomic E-state index is 12.0. The Morgan fingerprint density at radius 1 is 1.43 bits per heavy atom. The summed E-state index contributed by atoms with van der Waals surface area (Å²) in [5.41, 5.74) is 0. The van der Waals surface area contributed by atoms with Crippen molar-refractivity contribution < 1.29 is 14.7 Å². The van der Waals surface area contributed by atoms with Crippen molar-refractivity contribution in [2.45, 2.75) is 51.7 Å². The molecule has 5 nitrogen and oxygen atoms in total. The quantitative estimate of drug-likeness (QED) is 0.769. The van der Waals surface area contributed by atoms with Gasteiger partial charge in [-0.05, 0) is 38.3 Å². The number of nitrogens with one attached hydrogen (secondary N) is 1. The van der Waals surface area contributed by atoms with Crippen molar-refractivity contribution in [2.75, 3.05) is 6.54 Å². The van der Waals surface area contributed by atoms with Gasteiger partial charge in [0, 0.05) is 15.8 Å². The van der Waals surface area contributed by atoms with E-state index >= 15 is 0 Å². The predicted molar refractivity (Wildman–Crippen MR) is 82.4 cm³/mol. The van der Waals surface area contributed by atoms with Crippen LogP contribution < -0.4 is 5.32 Å². The van der Waals surface area contributed by atoms with E-state index in [0.717, 1.165) is 24.1 Å². The van der Waals surface area contributed by atoms with Gasteiger partial charge < -0.3 is 10.4 Å². The molecule has 0 aliphatic heterocycles. The van der Waals surface area contributed by atoms with Crippen molar-refractivity contribution in [2.24, 2.45) is 0 Å². The molecule has 0 spiro atoms. The van der Waals surface area contributed by atoms with Gasteiger partial charge in [0.15, 0.2) is 0 Å². The van der Waals surface area contributed by atoms with Crippen LogP contribution in [0.4, 0.5) is 0 Å². The maximum Gasteiger partial charge on any atom is 0.320 e. The molecule has 1 amide bonds. The lowest BCUT2D eigenvalue weighted by atomic mass is 10.2. The number of carbonyl (C=O) groups is 2. The summed E-state index contributed by atoms with van der Waals surface area (Å²) in [5, 5.41) is 12.0. The Kier molecular flexibility index (Phi) is 5.36. The van der Waals surface area contributed by atoms with E-state index < -0.39 is 12.0 Å². The summed E-state index contributed by atoms with van der Waals surface area (Å²) in [6, 6.07) is 3.74. The Labute approximate surface area is 129 Å². The normalized spacial score (nSPS) is 16.0. The van der Waals surface area contributed by atoms with Crippen molar-refractivity contribution >= 4 is 23.2 Å². The Morgan fingerprint density at radius 3 is 2.62 bits per heavy atom. The molecule has 6 heteroatoms. The van der Waals surface area contributed by atoms with Gasteiger partial charge in [0.25, 0.3) is 0 Å². The third-order valence-electron chi connectivity index (χ3n) is 3.72. The van der Waals surface area contributed by atoms with E-state index in [1.54, 1.807) is 23.2 Å². The van der Waals surface area contributed by atoms with Gasteiger partial charge in [-0.1, -0.05) is 6.92 Å². The topological polar surface area (TPSA) is 69.6 Å². The van der Waals surface area contributed by atoms with Crippen LogP contribution in [0.2, 0.25) is 0 Å². The fourth-order valence-corrected chi connectivity index (χ4v) is 3.14. The second-order valence-electron chi connectivity index (χ2n) is 5.42. The Balaban J connectivity index is 1.83. The van der Waals surface area contributed by atoms with Gasteiger partial charge in [-0.15, -0.1) is 11.3 Å². The average Bonchev–Trinajstić information content (AvgIpc) is 3.19. The molecule has 0 aromatic carbocycles. The first-order valence-electron chi connectivity index (χ1n) is 7.34. The van der Waals surface area contributed by atoms with Gasteiger partial charge in [-0.25, -0.2) is 0 Å². The number of thiophene rings is 1. The van der Waals surface area contributed by atoms with Crippen LogP contribution in [0.15, 0.2) is 12.1 Å². The van der Waals surface area contributed by atoms with Gasteiger partial charge in [-0.3, -0.25) is 14.5 Å². The Hall–Kier alpha value is -1.40. The zero-order valence-corrected chi connectivity index (χ0v) is 13.3. The highest BCUT2D eigenvalue weighted by atomic mass is 32.1. The summed E-state index contributed by atoms with van der Waals surface area (Å²) in [6.07, 6.45) is 2.97. The van der Waals surface area contributed by atoms with Crippen molar-refractivity contribution in [3.63, 3.8) is 0 Å². The minimum absolute atomic E-state index is 0.110. The van der Waals surface area contributed by atoms with Gasteiger partial charge >= 0.3 is 5.97 Å². The van der Waals surface area contributed by atoms with E-state index in [9.17, 15) is 9.59 Å². The highest BCUT2D eigenvalue weighted by Gasteiger charge is 2.36. The molecule has 2 N–H and O–H groups in total. The van der Waals surface area contributed by atoms with Crippen LogP contribution in [0, 0.1) is 0 Å². The summed E-state index contributed by atoms with van der Waals surface area (Å²) < 4.78 is 0. The molecule has 1 aromatic rings. The fourth-order valence-electron chi connectivity index (χ4n) is 2.25. The SMILES string of the molecule is CCc1ccc(CNC(=O)CN(C2CC2)C(C)C(=O)O)s1. The Bertz CT molecular complexity index is 511.